The van der Waals surface area contributed by atoms with Gasteiger partial charge in [-0.1, -0.05) is 18.5 Å². The zero-order chi connectivity index (χ0) is 21.0. The summed E-state index contributed by atoms with van der Waals surface area (Å²) in [6.07, 6.45) is 2.14. The number of halogens is 1. The van der Waals surface area contributed by atoms with Crippen molar-refractivity contribution in [2.45, 2.75) is 26.8 Å². The minimum atomic E-state index is -0.382. The zero-order valence-corrected chi connectivity index (χ0v) is 16.9. The summed E-state index contributed by atoms with van der Waals surface area (Å²) in [5.41, 5.74) is 1.85. The first-order valence-electron chi connectivity index (χ1n) is 8.79. The van der Waals surface area contributed by atoms with Gasteiger partial charge in [0.15, 0.2) is 0 Å². The smallest absolute Gasteiger partial charge is 0.296 e. The number of benzene rings is 1. The molecule has 29 heavy (non-hydrogen) atoms. The number of hydrogen-bond acceptors (Lipinski definition) is 7. The molecule has 148 valence electrons. The maximum absolute atomic E-state index is 13.0. The van der Waals surface area contributed by atoms with Crippen LogP contribution in [-0.2, 0) is 13.0 Å². The molecule has 0 fully saturated rings. The van der Waals surface area contributed by atoms with Gasteiger partial charge in [0.2, 0.25) is 11.6 Å². The second kappa shape index (κ2) is 8.71. The molecule has 0 atom stereocenters. The first-order valence-corrected chi connectivity index (χ1v) is 9.17. The van der Waals surface area contributed by atoms with Crippen LogP contribution in [0.3, 0.4) is 0 Å². The van der Waals surface area contributed by atoms with Crippen LogP contribution in [0.5, 0.6) is 17.4 Å². The lowest BCUT2D eigenvalue weighted by Crippen LogP contribution is -2.23. The number of aryl methyl sites for hydroxylation is 2. The van der Waals surface area contributed by atoms with Crippen LogP contribution in [0.2, 0.25) is 5.02 Å². The topological polar surface area (TPSA) is 103 Å². The van der Waals surface area contributed by atoms with Gasteiger partial charge in [0.1, 0.15) is 5.75 Å². The number of methoxy groups -OCH3 is 1. The molecule has 8 nitrogen and oxygen atoms in total. The van der Waals surface area contributed by atoms with Crippen LogP contribution in [-0.4, -0.2) is 26.9 Å². The largest absolute Gasteiger partial charge is 0.480 e. The highest BCUT2D eigenvalue weighted by Gasteiger charge is 2.15. The fraction of sp³-hybridized carbons (Fsp3) is 0.250. The van der Waals surface area contributed by atoms with Gasteiger partial charge >= 0.3 is 0 Å². The van der Waals surface area contributed by atoms with E-state index in [1.165, 1.54) is 36.2 Å². The summed E-state index contributed by atoms with van der Waals surface area (Å²) in [6, 6.07) is 8.39. The van der Waals surface area contributed by atoms with Crippen molar-refractivity contribution >= 4 is 11.6 Å². The molecule has 3 rings (SSSR count). The predicted octanol–water partition coefficient (Wildman–Crippen LogP) is 3.28. The van der Waals surface area contributed by atoms with Crippen molar-refractivity contribution in [3.8, 4) is 23.4 Å². The van der Waals surface area contributed by atoms with Crippen molar-refractivity contribution in [1.82, 2.24) is 19.7 Å². The van der Waals surface area contributed by atoms with E-state index < -0.39 is 0 Å². The molecule has 2 aromatic heterocycles. The summed E-state index contributed by atoms with van der Waals surface area (Å²) < 4.78 is 12.4. The van der Waals surface area contributed by atoms with Crippen molar-refractivity contribution in [1.29, 1.82) is 5.26 Å². The van der Waals surface area contributed by atoms with Gasteiger partial charge < -0.3 is 9.47 Å². The Bertz CT molecular complexity index is 1150. The molecule has 0 aliphatic carbocycles. The Morgan fingerprint density at radius 3 is 2.72 bits per heavy atom. The van der Waals surface area contributed by atoms with Crippen LogP contribution in [0.1, 0.15) is 29.4 Å². The Balaban J connectivity index is 1.99. The Hall–Kier alpha value is -3.44. The van der Waals surface area contributed by atoms with Gasteiger partial charge in [-0.2, -0.15) is 10.4 Å². The van der Waals surface area contributed by atoms with Crippen molar-refractivity contribution in [2.75, 3.05) is 7.11 Å². The van der Waals surface area contributed by atoms with E-state index in [0.717, 1.165) is 5.69 Å². The van der Waals surface area contributed by atoms with Crippen LogP contribution < -0.4 is 15.0 Å². The number of rotatable bonds is 6. The molecule has 0 radical (unpaired) electrons. The fourth-order valence-corrected chi connectivity index (χ4v) is 2.92. The van der Waals surface area contributed by atoms with Gasteiger partial charge in [-0.15, -0.1) is 5.10 Å². The molecular formula is C20H18ClN5O3. The van der Waals surface area contributed by atoms with E-state index in [9.17, 15) is 4.79 Å². The minimum absolute atomic E-state index is 0.0513. The summed E-state index contributed by atoms with van der Waals surface area (Å²) in [5, 5.41) is 17.5. The van der Waals surface area contributed by atoms with Crippen LogP contribution in [0.15, 0.2) is 35.4 Å². The summed E-state index contributed by atoms with van der Waals surface area (Å²) in [5.74, 6) is 0.672. The highest BCUT2D eigenvalue weighted by atomic mass is 35.5. The molecule has 1 aromatic carbocycles. The molecule has 9 heteroatoms. The predicted molar refractivity (Wildman–Crippen MR) is 107 cm³/mol. The van der Waals surface area contributed by atoms with Gasteiger partial charge in [-0.3, -0.25) is 9.36 Å². The molecule has 0 saturated heterocycles. The minimum Gasteiger partial charge on any atom is -0.480 e. The second-order valence-electron chi connectivity index (χ2n) is 6.21. The lowest BCUT2D eigenvalue weighted by molar-refractivity contribution is 0.383. The molecular weight excluding hydrogens is 394 g/mol. The summed E-state index contributed by atoms with van der Waals surface area (Å²) in [4.78, 5) is 17.3. The Morgan fingerprint density at radius 2 is 2.03 bits per heavy atom. The van der Waals surface area contributed by atoms with Gasteiger partial charge in [0, 0.05) is 10.6 Å². The Morgan fingerprint density at radius 1 is 1.24 bits per heavy atom. The van der Waals surface area contributed by atoms with E-state index in [0.29, 0.717) is 34.1 Å². The molecule has 0 bridgehead atoms. The normalized spacial score (nSPS) is 10.4. The average molecular weight is 412 g/mol. The number of ether oxygens (including phenoxy) is 2. The maximum atomic E-state index is 13.0. The third-order valence-electron chi connectivity index (χ3n) is 4.18. The van der Waals surface area contributed by atoms with Crippen LogP contribution in [0, 0.1) is 18.3 Å². The summed E-state index contributed by atoms with van der Waals surface area (Å²) in [7, 11) is 1.50. The van der Waals surface area contributed by atoms with E-state index in [4.69, 9.17) is 26.3 Å². The number of hydrogen-bond donors (Lipinski definition) is 0. The maximum Gasteiger partial charge on any atom is 0.296 e. The van der Waals surface area contributed by atoms with Crippen molar-refractivity contribution < 1.29 is 9.47 Å². The lowest BCUT2D eigenvalue weighted by Gasteiger charge is -2.13. The molecule has 0 saturated carbocycles. The molecule has 2 heterocycles. The number of nitriles is 1. The van der Waals surface area contributed by atoms with E-state index in [1.54, 1.807) is 6.92 Å². The third kappa shape index (κ3) is 4.52. The molecule has 0 unspecified atom stereocenters. The second-order valence-corrected chi connectivity index (χ2v) is 6.64. The molecule has 3 aromatic rings. The molecule has 0 amide bonds. The van der Waals surface area contributed by atoms with E-state index in [-0.39, 0.29) is 23.6 Å². The van der Waals surface area contributed by atoms with E-state index >= 15 is 0 Å². The van der Waals surface area contributed by atoms with Crippen molar-refractivity contribution in [2.24, 2.45) is 0 Å². The molecule has 0 aliphatic rings. The average Bonchev–Trinajstić information content (AvgIpc) is 2.72. The van der Waals surface area contributed by atoms with Gasteiger partial charge in [0.05, 0.1) is 43.0 Å². The monoisotopic (exact) mass is 411 g/mol. The highest BCUT2D eigenvalue weighted by molar-refractivity contribution is 6.30. The number of nitrogens with zero attached hydrogens (tertiary/aromatic N) is 5. The molecule has 0 spiro atoms. The first kappa shape index (κ1) is 20.3. The van der Waals surface area contributed by atoms with Crippen molar-refractivity contribution in [3.05, 3.63) is 68.5 Å². The van der Waals surface area contributed by atoms with Gasteiger partial charge in [0.25, 0.3) is 5.56 Å². The standard InChI is InChI=1S/C20H18ClN5O3/c1-4-16-7-14(19(28-3)25-24-16)10-26-11-23-12(2)18(20(26)27)29-17-6-13(9-22)5-15(21)8-17/h5-8,11H,4,10H2,1-3H3. The summed E-state index contributed by atoms with van der Waals surface area (Å²) >= 11 is 6.02. The number of aromatic nitrogens is 4. The Kier molecular flexibility index (Phi) is 6.10. The summed E-state index contributed by atoms with van der Waals surface area (Å²) in [6.45, 7) is 3.82. The quantitative estimate of drug-likeness (QED) is 0.613. The SMILES string of the molecule is CCc1cc(Cn2cnc(C)c(Oc3cc(Cl)cc(C#N)c3)c2=O)c(OC)nn1. The van der Waals surface area contributed by atoms with E-state index in [2.05, 4.69) is 15.2 Å². The molecule has 0 N–H and O–H groups in total. The third-order valence-corrected chi connectivity index (χ3v) is 4.39. The highest BCUT2D eigenvalue weighted by Crippen LogP contribution is 2.25. The van der Waals surface area contributed by atoms with Crippen molar-refractivity contribution in [3.63, 3.8) is 0 Å². The lowest BCUT2D eigenvalue weighted by atomic mass is 10.2. The Labute approximate surface area is 172 Å². The van der Waals surface area contributed by atoms with Gasteiger partial charge in [-0.25, -0.2) is 4.98 Å². The van der Waals surface area contributed by atoms with Crippen LogP contribution >= 0.6 is 11.6 Å². The zero-order valence-electron chi connectivity index (χ0n) is 16.1. The van der Waals surface area contributed by atoms with Crippen LogP contribution in [0.4, 0.5) is 0 Å². The first-order chi connectivity index (χ1) is 13.9. The fourth-order valence-electron chi connectivity index (χ4n) is 2.69. The van der Waals surface area contributed by atoms with E-state index in [1.807, 2.05) is 19.1 Å². The van der Waals surface area contributed by atoms with Crippen LogP contribution in [0.25, 0.3) is 0 Å². The molecule has 0 aliphatic heterocycles. The van der Waals surface area contributed by atoms with Gasteiger partial charge in [-0.05, 0) is 37.6 Å².